The number of benzene rings is 2. The molecule has 0 saturated heterocycles. The summed E-state index contributed by atoms with van der Waals surface area (Å²) in [4.78, 5) is 28.2. The second-order valence-electron chi connectivity index (χ2n) is 4.70. The van der Waals surface area contributed by atoms with Gasteiger partial charge in [0.05, 0.1) is 27.9 Å². The van der Waals surface area contributed by atoms with Crippen molar-refractivity contribution in [1.29, 1.82) is 0 Å². The summed E-state index contributed by atoms with van der Waals surface area (Å²) < 4.78 is 1.38. The van der Waals surface area contributed by atoms with Crippen molar-refractivity contribution in [3.05, 3.63) is 70.1 Å². The average Bonchev–Trinajstić information content (AvgIpc) is 2.52. The molecule has 1 aromatic heterocycles. The second kappa shape index (κ2) is 5.99. The van der Waals surface area contributed by atoms with Gasteiger partial charge in [0.25, 0.3) is 5.56 Å². The highest BCUT2D eigenvalue weighted by molar-refractivity contribution is 6.33. The molecule has 0 saturated carbocycles. The van der Waals surface area contributed by atoms with Gasteiger partial charge in [-0.1, -0.05) is 35.9 Å². The van der Waals surface area contributed by atoms with Crippen LogP contribution in [0.4, 0.5) is 5.69 Å². The van der Waals surface area contributed by atoms with Gasteiger partial charge in [-0.15, -0.1) is 0 Å². The van der Waals surface area contributed by atoms with E-state index in [1.54, 1.807) is 42.5 Å². The maximum absolute atomic E-state index is 12.2. The number of carbonyl (C=O) groups excluding carboxylic acids is 1. The summed E-state index contributed by atoms with van der Waals surface area (Å²) >= 11 is 6.00. The predicted octanol–water partition coefficient (Wildman–Crippen LogP) is 2.69. The number of halogens is 1. The molecule has 0 spiro atoms. The largest absolute Gasteiger partial charge is 0.323 e. The first-order valence-electron chi connectivity index (χ1n) is 6.64. The smallest absolute Gasteiger partial charge is 0.269 e. The van der Waals surface area contributed by atoms with Gasteiger partial charge >= 0.3 is 0 Å². The molecule has 0 aliphatic heterocycles. The Kier molecular flexibility index (Phi) is 3.89. The summed E-state index contributed by atoms with van der Waals surface area (Å²) in [7, 11) is 0. The van der Waals surface area contributed by atoms with Crippen LogP contribution in [0.1, 0.15) is 0 Å². The highest BCUT2D eigenvalue weighted by Gasteiger charge is 2.10. The van der Waals surface area contributed by atoms with E-state index in [2.05, 4.69) is 10.3 Å². The fourth-order valence-corrected chi connectivity index (χ4v) is 2.36. The summed E-state index contributed by atoms with van der Waals surface area (Å²) in [5.41, 5.74) is 1.46. The fraction of sp³-hybridized carbons (Fsp3) is 0.0625. The lowest BCUT2D eigenvalue weighted by Crippen LogP contribution is -2.28. The van der Waals surface area contributed by atoms with Crippen LogP contribution in [-0.4, -0.2) is 15.5 Å². The van der Waals surface area contributed by atoms with Gasteiger partial charge in [-0.2, -0.15) is 0 Å². The number of rotatable bonds is 3. The Morgan fingerprint density at radius 2 is 1.86 bits per heavy atom. The molecule has 0 atom stereocenters. The van der Waals surface area contributed by atoms with Crippen molar-refractivity contribution in [1.82, 2.24) is 9.55 Å². The maximum atomic E-state index is 12.2. The number of nitrogens with one attached hydrogen (secondary N) is 1. The first kappa shape index (κ1) is 14.3. The van der Waals surface area contributed by atoms with Crippen LogP contribution in [0.3, 0.4) is 0 Å². The third-order valence-electron chi connectivity index (χ3n) is 3.20. The number of fused-ring (bicyclic) bond motifs is 1. The van der Waals surface area contributed by atoms with Crippen molar-refractivity contribution in [2.45, 2.75) is 6.54 Å². The standard InChI is InChI=1S/C16H12ClN3O2/c17-11-5-1-2-6-12(11)19-15(21)10-20-14-8-4-3-7-13(14)18-9-16(20)22/h1-9H,10H2,(H,19,21). The Hall–Kier alpha value is -2.66. The average molecular weight is 314 g/mol. The van der Waals surface area contributed by atoms with Crippen molar-refractivity contribution >= 4 is 34.2 Å². The number of amides is 1. The van der Waals surface area contributed by atoms with Crippen LogP contribution in [0.25, 0.3) is 11.0 Å². The number of aromatic nitrogens is 2. The van der Waals surface area contributed by atoms with Crippen molar-refractivity contribution in [2.24, 2.45) is 0 Å². The van der Waals surface area contributed by atoms with Gasteiger partial charge in [0.1, 0.15) is 6.54 Å². The molecule has 5 nitrogen and oxygen atoms in total. The minimum absolute atomic E-state index is 0.104. The van der Waals surface area contributed by atoms with Crippen LogP contribution in [0.5, 0.6) is 0 Å². The van der Waals surface area contributed by atoms with Gasteiger partial charge in [-0.3, -0.25) is 14.2 Å². The third-order valence-corrected chi connectivity index (χ3v) is 3.53. The number of carbonyl (C=O) groups is 1. The monoisotopic (exact) mass is 313 g/mol. The molecule has 1 N–H and O–H groups in total. The Morgan fingerprint density at radius 1 is 1.14 bits per heavy atom. The second-order valence-corrected chi connectivity index (χ2v) is 5.11. The van der Waals surface area contributed by atoms with Gasteiger partial charge in [-0.25, -0.2) is 4.98 Å². The quantitative estimate of drug-likeness (QED) is 0.808. The van der Waals surface area contributed by atoms with Crippen molar-refractivity contribution in [3.8, 4) is 0 Å². The van der Waals surface area contributed by atoms with Crippen molar-refractivity contribution in [3.63, 3.8) is 0 Å². The Labute approximate surface area is 131 Å². The van der Waals surface area contributed by atoms with Crippen LogP contribution in [-0.2, 0) is 11.3 Å². The van der Waals surface area contributed by atoms with Gasteiger partial charge < -0.3 is 5.32 Å². The zero-order chi connectivity index (χ0) is 15.5. The fourth-order valence-electron chi connectivity index (χ4n) is 2.17. The van der Waals surface area contributed by atoms with E-state index >= 15 is 0 Å². The molecule has 0 unspecified atom stereocenters. The van der Waals surface area contributed by atoms with Crippen LogP contribution >= 0.6 is 11.6 Å². The number of nitrogens with zero attached hydrogens (tertiary/aromatic N) is 2. The van der Waals surface area contributed by atoms with Crippen molar-refractivity contribution < 1.29 is 4.79 Å². The van der Waals surface area contributed by atoms with Crippen LogP contribution < -0.4 is 10.9 Å². The first-order chi connectivity index (χ1) is 10.6. The molecule has 1 heterocycles. The molecule has 3 aromatic rings. The molecule has 0 bridgehead atoms. The molecule has 1 amide bonds. The van der Waals surface area contributed by atoms with Crippen LogP contribution in [0.2, 0.25) is 5.02 Å². The lowest BCUT2D eigenvalue weighted by Gasteiger charge is -2.10. The molecular weight excluding hydrogens is 302 g/mol. The van der Waals surface area contributed by atoms with E-state index in [0.29, 0.717) is 21.7 Å². The maximum Gasteiger partial charge on any atom is 0.269 e. The lowest BCUT2D eigenvalue weighted by atomic mass is 10.3. The molecule has 0 aliphatic carbocycles. The summed E-state index contributed by atoms with van der Waals surface area (Å²) in [6.45, 7) is -0.104. The number of hydrogen-bond donors (Lipinski definition) is 1. The van der Waals surface area contributed by atoms with E-state index in [1.165, 1.54) is 10.8 Å². The van der Waals surface area contributed by atoms with E-state index < -0.39 is 0 Å². The minimum Gasteiger partial charge on any atom is -0.323 e. The van der Waals surface area contributed by atoms with Crippen LogP contribution in [0, 0.1) is 0 Å². The van der Waals surface area contributed by atoms with Gasteiger partial charge in [-0.05, 0) is 24.3 Å². The van der Waals surface area contributed by atoms with Crippen molar-refractivity contribution in [2.75, 3.05) is 5.32 Å². The van der Waals surface area contributed by atoms with E-state index in [0.717, 1.165) is 0 Å². The predicted molar refractivity (Wildman–Crippen MR) is 86.1 cm³/mol. The molecule has 0 fully saturated rings. The number of anilines is 1. The van der Waals surface area contributed by atoms with Gasteiger partial charge in [0.15, 0.2) is 0 Å². The van der Waals surface area contributed by atoms with E-state index in [-0.39, 0.29) is 18.0 Å². The highest BCUT2D eigenvalue weighted by atomic mass is 35.5. The summed E-state index contributed by atoms with van der Waals surface area (Å²) in [6.07, 6.45) is 1.21. The topological polar surface area (TPSA) is 64.0 Å². The Morgan fingerprint density at radius 3 is 2.68 bits per heavy atom. The Balaban J connectivity index is 1.90. The summed E-state index contributed by atoms with van der Waals surface area (Å²) in [5, 5.41) is 3.15. The molecule has 6 heteroatoms. The Bertz CT molecular complexity index is 905. The minimum atomic E-state index is -0.327. The lowest BCUT2D eigenvalue weighted by molar-refractivity contribution is -0.116. The number of para-hydroxylation sites is 3. The summed E-state index contributed by atoms with van der Waals surface area (Å²) in [5.74, 6) is -0.327. The molecule has 3 rings (SSSR count). The first-order valence-corrected chi connectivity index (χ1v) is 7.02. The molecule has 22 heavy (non-hydrogen) atoms. The third kappa shape index (κ3) is 2.84. The van der Waals surface area contributed by atoms with Gasteiger partial charge in [0, 0.05) is 0 Å². The highest BCUT2D eigenvalue weighted by Crippen LogP contribution is 2.20. The van der Waals surface area contributed by atoms with E-state index in [9.17, 15) is 9.59 Å². The molecule has 110 valence electrons. The van der Waals surface area contributed by atoms with Crippen LogP contribution in [0.15, 0.2) is 59.5 Å². The normalized spacial score (nSPS) is 10.6. The molecule has 2 aromatic carbocycles. The molecule has 0 aliphatic rings. The molecule has 0 radical (unpaired) electrons. The zero-order valence-electron chi connectivity index (χ0n) is 11.5. The van der Waals surface area contributed by atoms with E-state index in [1.807, 2.05) is 6.07 Å². The van der Waals surface area contributed by atoms with E-state index in [4.69, 9.17) is 11.6 Å². The number of hydrogen-bond acceptors (Lipinski definition) is 3. The zero-order valence-corrected chi connectivity index (χ0v) is 12.2. The molecular formula is C16H12ClN3O2. The SMILES string of the molecule is O=C(Cn1c(=O)cnc2ccccc21)Nc1ccccc1Cl. The van der Waals surface area contributed by atoms with Gasteiger partial charge in [0.2, 0.25) is 5.91 Å². The summed E-state index contributed by atoms with van der Waals surface area (Å²) in [6, 6.07) is 14.1.